The van der Waals surface area contributed by atoms with Crippen LogP contribution in [-0.4, -0.2) is 5.25 Å². The molecule has 7 heavy (non-hydrogen) atoms. The zero-order valence-electron chi connectivity index (χ0n) is 3.67. The molecule has 4 heteroatoms. The molecule has 0 bridgehead atoms. The monoisotopic (exact) mass is 266 g/mol. The Morgan fingerprint density at radius 2 is 2.00 bits per heavy atom. The van der Waals surface area contributed by atoms with Crippen molar-refractivity contribution in [2.75, 3.05) is 0 Å². The van der Waals surface area contributed by atoms with Gasteiger partial charge in [0.15, 0.2) is 0 Å². The van der Waals surface area contributed by atoms with Gasteiger partial charge in [0.25, 0.3) is 0 Å². The molecule has 0 heterocycles. The molecule has 0 aliphatic heterocycles. The second kappa shape index (κ2) is 3.08. The minimum absolute atomic E-state index is 0.959. The van der Waals surface area contributed by atoms with Crippen molar-refractivity contribution in [3.05, 3.63) is 0 Å². The summed E-state index contributed by atoms with van der Waals surface area (Å²) in [5.74, 6) is 0. The second-order valence-corrected chi connectivity index (χ2v) is 16.6. The summed E-state index contributed by atoms with van der Waals surface area (Å²) in [7, 11) is 10.5. The normalized spacial score (nSPS) is 22.3. The Bertz CT molecular complexity index is 61.2. The van der Waals surface area contributed by atoms with Gasteiger partial charge in [0.2, 0.25) is 0 Å². The quantitative estimate of drug-likeness (QED) is 0.572. The first-order valence-electron chi connectivity index (χ1n) is 2.04. The molecule has 1 aliphatic rings. The molecule has 0 atom stereocenters. The summed E-state index contributed by atoms with van der Waals surface area (Å²) in [4.78, 5) is 0. The van der Waals surface area contributed by atoms with Crippen LogP contribution in [0.15, 0.2) is 0 Å². The van der Waals surface area contributed by atoms with Crippen molar-refractivity contribution in [1.82, 2.24) is 0 Å². The molecule has 0 unspecified atom stereocenters. The predicted molar refractivity (Wildman–Crippen MR) is 52.6 cm³/mol. The number of hydrogen-bond donors (Lipinski definition) is 2. The summed E-state index contributed by atoms with van der Waals surface area (Å²) in [6.07, 6.45) is 2.83. The van der Waals surface area contributed by atoms with E-state index < -0.39 is 15.7 Å². The third-order valence-corrected chi connectivity index (χ3v) is 8.34. The van der Waals surface area contributed by atoms with E-state index >= 15 is 0 Å². The fraction of sp³-hybridized carbons (Fsp3) is 1.00. The molecule has 1 fully saturated rings. The van der Waals surface area contributed by atoms with Gasteiger partial charge in [-0.1, -0.05) is 0 Å². The van der Waals surface area contributed by atoms with Crippen LogP contribution in [-0.2, 0) is 0 Å². The Kier molecular flexibility index (Phi) is 3.03. The van der Waals surface area contributed by atoms with E-state index in [4.69, 9.17) is 0 Å². The van der Waals surface area contributed by atoms with Crippen LogP contribution in [0.5, 0.6) is 0 Å². The fourth-order valence-electron chi connectivity index (χ4n) is 0.270. The van der Waals surface area contributed by atoms with E-state index in [0.29, 0.717) is 0 Å². The molecular weight excluding hydrogens is 259 g/mol. The minimum atomic E-state index is -1.00. The van der Waals surface area contributed by atoms with E-state index in [9.17, 15) is 0 Å². The molecule has 0 amide bonds. The number of rotatable bonds is 2. The molecule has 0 aromatic rings. The van der Waals surface area contributed by atoms with Crippen LogP contribution in [0.25, 0.3) is 0 Å². The summed E-state index contributed by atoms with van der Waals surface area (Å²) in [6.45, 7) is 0. The van der Waals surface area contributed by atoms with Gasteiger partial charge in [-0.15, -0.1) is 0 Å². The average molecular weight is 266 g/mol. The Morgan fingerprint density at radius 3 is 2.14 bits per heavy atom. The SMILES string of the molecule is SI(S)SC1CC1. The van der Waals surface area contributed by atoms with Gasteiger partial charge >= 0.3 is 62.3 Å². The van der Waals surface area contributed by atoms with Crippen LogP contribution in [0.3, 0.4) is 0 Å². The maximum atomic E-state index is 4.26. The van der Waals surface area contributed by atoms with E-state index in [2.05, 4.69) is 19.6 Å². The zero-order valence-corrected chi connectivity index (χ0v) is 8.44. The van der Waals surface area contributed by atoms with Crippen molar-refractivity contribution in [2.24, 2.45) is 0 Å². The summed E-state index contributed by atoms with van der Waals surface area (Å²) in [5.41, 5.74) is 0. The Balaban J connectivity index is 1.97. The first kappa shape index (κ1) is 6.89. The molecule has 0 N–H and O–H groups in total. The van der Waals surface area contributed by atoms with Gasteiger partial charge in [-0.05, 0) is 0 Å². The van der Waals surface area contributed by atoms with Crippen molar-refractivity contribution in [3.8, 4) is 0 Å². The van der Waals surface area contributed by atoms with Gasteiger partial charge < -0.3 is 0 Å². The van der Waals surface area contributed by atoms with Gasteiger partial charge in [-0.25, -0.2) is 0 Å². The second-order valence-electron chi connectivity index (χ2n) is 1.50. The third-order valence-electron chi connectivity index (χ3n) is 0.730. The van der Waals surface area contributed by atoms with E-state index in [1.165, 1.54) is 12.8 Å². The maximum absolute atomic E-state index is 4.26. The van der Waals surface area contributed by atoms with E-state index in [1.54, 1.807) is 0 Å². The zero-order chi connectivity index (χ0) is 5.28. The van der Waals surface area contributed by atoms with Gasteiger partial charge in [0, 0.05) is 0 Å². The molecule has 0 nitrogen and oxygen atoms in total. The molecule has 1 rings (SSSR count). The molecule has 1 aliphatic carbocycles. The van der Waals surface area contributed by atoms with Gasteiger partial charge in [-0.3, -0.25) is 0 Å². The topological polar surface area (TPSA) is 0 Å². The number of hydrogen-bond acceptors (Lipinski definition) is 3. The Hall–Kier alpha value is 1.78. The van der Waals surface area contributed by atoms with Crippen LogP contribution < -0.4 is 0 Å². The van der Waals surface area contributed by atoms with Crippen molar-refractivity contribution < 1.29 is 0 Å². The van der Waals surface area contributed by atoms with Gasteiger partial charge in [0.1, 0.15) is 0 Å². The number of halogens is 1. The molecule has 44 valence electrons. The molecule has 0 radical (unpaired) electrons. The van der Waals surface area contributed by atoms with E-state index in [1.807, 2.05) is 8.93 Å². The van der Waals surface area contributed by atoms with E-state index in [-0.39, 0.29) is 0 Å². The van der Waals surface area contributed by atoms with Crippen molar-refractivity contribution in [3.63, 3.8) is 0 Å². The van der Waals surface area contributed by atoms with E-state index in [0.717, 1.165) is 5.25 Å². The molecule has 0 aromatic carbocycles. The third kappa shape index (κ3) is 3.37. The first-order valence-corrected chi connectivity index (χ1v) is 11.9. The summed E-state index contributed by atoms with van der Waals surface area (Å²) in [6, 6.07) is 0. The van der Waals surface area contributed by atoms with Crippen molar-refractivity contribution in [2.45, 2.75) is 18.1 Å². The average Bonchev–Trinajstić information content (AvgIpc) is 2.17. The van der Waals surface area contributed by atoms with Crippen LogP contribution in [0.2, 0.25) is 0 Å². The van der Waals surface area contributed by atoms with Crippen LogP contribution in [0.4, 0.5) is 0 Å². The molecule has 1 saturated carbocycles. The number of thiol groups is 2. The molecular formula is C3H7IS3. The molecule has 0 saturated heterocycles. The predicted octanol–water partition coefficient (Wildman–Crippen LogP) is 2.99. The first-order chi connectivity index (χ1) is 3.29. The van der Waals surface area contributed by atoms with Crippen molar-refractivity contribution >= 4 is 44.2 Å². The summed E-state index contributed by atoms with van der Waals surface area (Å²) >= 11 is -1.00. The van der Waals surface area contributed by atoms with Crippen molar-refractivity contribution in [1.29, 1.82) is 0 Å². The van der Waals surface area contributed by atoms with Crippen LogP contribution in [0.1, 0.15) is 12.8 Å². The van der Waals surface area contributed by atoms with Gasteiger partial charge in [0.05, 0.1) is 0 Å². The molecule has 0 aromatic heterocycles. The van der Waals surface area contributed by atoms with Gasteiger partial charge in [-0.2, -0.15) is 0 Å². The molecule has 0 spiro atoms. The van der Waals surface area contributed by atoms with Crippen LogP contribution >= 0.6 is 44.2 Å². The standard InChI is InChI=1S/C3H7IS3/c5-4(6)7-3-1-2-3/h3,5-6H,1-2H2. The van der Waals surface area contributed by atoms with Crippen LogP contribution in [0, 0.1) is 0 Å². The summed E-state index contributed by atoms with van der Waals surface area (Å²) in [5, 5.41) is 0.959. The summed E-state index contributed by atoms with van der Waals surface area (Å²) < 4.78 is 0. The Morgan fingerprint density at radius 1 is 1.43 bits per heavy atom. The fourth-order valence-corrected chi connectivity index (χ4v) is 8.80. The Labute approximate surface area is 61.7 Å².